The number of halogens is 1. The standard InChI is InChI=1S/C20H20FNO/c1-22(2)19-8-5-15(6-9-19)16-3-4-18-14-20(23-12-11-21)10-7-17(18)13-16/h3-10,13-14H,11-12H2,1-2H3. The van der Waals surface area contributed by atoms with Gasteiger partial charge in [0.1, 0.15) is 19.0 Å². The van der Waals surface area contributed by atoms with E-state index in [-0.39, 0.29) is 6.61 Å². The molecule has 0 aliphatic rings. The summed E-state index contributed by atoms with van der Waals surface area (Å²) in [5, 5.41) is 2.24. The Morgan fingerprint density at radius 2 is 1.48 bits per heavy atom. The van der Waals surface area contributed by atoms with Crippen molar-refractivity contribution in [3.8, 4) is 16.9 Å². The lowest BCUT2D eigenvalue weighted by molar-refractivity contribution is 0.273. The minimum atomic E-state index is -0.472. The molecule has 0 bridgehead atoms. The topological polar surface area (TPSA) is 12.5 Å². The number of nitrogens with zero attached hydrogens (tertiary/aromatic N) is 1. The molecule has 0 saturated carbocycles. The molecule has 0 radical (unpaired) electrons. The highest BCUT2D eigenvalue weighted by atomic mass is 19.1. The van der Waals surface area contributed by atoms with Crippen LogP contribution in [0.25, 0.3) is 21.9 Å². The quantitative estimate of drug-likeness (QED) is 0.663. The molecular weight excluding hydrogens is 289 g/mol. The molecule has 0 saturated heterocycles. The molecule has 23 heavy (non-hydrogen) atoms. The van der Waals surface area contributed by atoms with Gasteiger partial charge in [0.2, 0.25) is 0 Å². The van der Waals surface area contributed by atoms with E-state index >= 15 is 0 Å². The van der Waals surface area contributed by atoms with Crippen LogP contribution >= 0.6 is 0 Å². The Bertz CT molecular complexity index is 796. The average molecular weight is 309 g/mol. The molecule has 3 rings (SSSR count). The van der Waals surface area contributed by atoms with E-state index in [1.54, 1.807) is 0 Å². The van der Waals surface area contributed by atoms with E-state index in [1.165, 1.54) is 16.8 Å². The summed E-state index contributed by atoms with van der Waals surface area (Å²) in [5.41, 5.74) is 3.56. The van der Waals surface area contributed by atoms with Gasteiger partial charge in [-0.2, -0.15) is 0 Å². The van der Waals surface area contributed by atoms with Crippen LogP contribution < -0.4 is 9.64 Å². The summed E-state index contributed by atoms with van der Waals surface area (Å²) in [6, 6.07) is 20.7. The third kappa shape index (κ3) is 3.45. The van der Waals surface area contributed by atoms with Crippen LogP contribution in [-0.2, 0) is 0 Å². The van der Waals surface area contributed by atoms with Crippen LogP contribution in [-0.4, -0.2) is 27.4 Å². The van der Waals surface area contributed by atoms with Gasteiger partial charge in [0.05, 0.1) is 0 Å². The molecule has 118 valence electrons. The molecule has 0 aromatic heterocycles. The van der Waals surface area contributed by atoms with Gasteiger partial charge in [-0.15, -0.1) is 0 Å². The van der Waals surface area contributed by atoms with Crippen LogP contribution in [0.4, 0.5) is 10.1 Å². The third-order valence-electron chi connectivity index (χ3n) is 3.87. The van der Waals surface area contributed by atoms with Crippen molar-refractivity contribution in [2.45, 2.75) is 0 Å². The molecule has 0 N–H and O–H groups in total. The van der Waals surface area contributed by atoms with Crippen molar-refractivity contribution in [2.75, 3.05) is 32.3 Å². The van der Waals surface area contributed by atoms with E-state index in [9.17, 15) is 4.39 Å². The Morgan fingerprint density at radius 3 is 2.17 bits per heavy atom. The van der Waals surface area contributed by atoms with Gasteiger partial charge in [0.15, 0.2) is 0 Å². The highest BCUT2D eigenvalue weighted by Gasteiger charge is 2.03. The molecule has 0 heterocycles. The fourth-order valence-corrected chi connectivity index (χ4v) is 2.60. The molecule has 0 spiro atoms. The first kappa shape index (κ1) is 15.3. The van der Waals surface area contributed by atoms with Gasteiger partial charge >= 0.3 is 0 Å². The predicted octanol–water partition coefficient (Wildman–Crippen LogP) is 4.92. The Kier molecular flexibility index (Phi) is 4.47. The second-order valence-electron chi connectivity index (χ2n) is 5.70. The lowest BCUT2D eigenvalue weighted by atomic mass is 10.0. The monoisotopic (exact) mass is 309 g/mol. The van der Waals surface area contributed by atoms with E-state index in [2.05, 4.69) is 47.4 Å². The van der Waals surface area contributed by atoms with E-state index in [0.29, 0.717) is 5.75 Å². The smallest absolute Gasteiger partial charge is 0.123 e. The molecule has 0 amide bonds. The number of benzene rings is 3. The van der Waals surface area contributed by atoms with Crippen molar-refractivity contribution in [3.05, 3.63) is 60.7 Å². The number of rotatable bonds is 5. The summed E-state index contributed by atoms with van der Waals surface area (Å²) < 4.78 is 17.5. The fourth-order valence-electron chi connectivity index (χ4n) is 2.60. The van der Waals surface area contributed by atoms with E-state index in [4.69, 9.17) is 4.74 Å². The Labute approximate surface area is 136 Å². The highest BCUT2D eigenvalue weighted by Crippen LogP contribution is 2.28. The molecule has 0 aliphatic carbocycles. The second kappa shape index (κ2) is 6.69. The zero-order chi connectivity index (χ0) is 16.2. The van der Waals surface area contributed by atoms with E-state index in [0.717, 1.165) is 10.8 Å². The van der Waals surface area contributed by atoms with Gasteiger partial charge in [-0.05, 0) is 52.2 Å². The van der Waals surface area contributed by atoms with E-state index in [1.807, 2.05) is 32.3 Å². The first-order valence-corrected chi connectivity index (χ1v) is 7.68. The molecule has 0 aliphatic heterocycles. The number of hydrogen-bond acceptors (Lipinski definition) is 2. The van der Waals surface area contributed by atoms with Crippen LogP contribution in [0.1, 0.15) is 0 Å². The molecule has 2 nitrogen and oxygen atoms in total. The normalized spacial score (nSPS) is 10.7. The molecule has 0 unspecified atom stereocenters. The van der Waals surface area contributed by atoms with Gasteiger partial charge in [0, 0.05) is 19.8 Å². The maximum absolute atomic E-state index is 12.2. The van der Waals surface area contributed by atoms with Crippen LogP contribution in [0.2, 0.25) is 0 Å². The van der Waals surface area contributed by atoms with Crippen LogP contribution in [0.5, 0.6) is 5.75 Å². The van der Waals surface area contributed by atoms with Crippen LogP contribution in [0.3, 0.4) is 0 Å². The summed E-state index contributed by atoms with van der Waals surface area (Å²) in [4.78, 5) is 2.09. The Hall–Kier alpha value is -2.55. The maximum Gasteiger partial charge on any atom is 0.123 e. The van der Waals surface area contributed by atoms with Gasteiger partial charge < -0.3 is 9.64 Å². The van der Waals surface area contributed by atoms with Gasteiger partial charge in [-0.25, -0.2) is 4.39 Å². The van der Waals surface area contributed by atoms with Crippen LogP contribution in [0, 0.1) is 0 Å². The molecule has 0 atom stereocenters. The molecule has 3 aromatic carbocycles. The second-order valence-corrected chi connectivity index (χ2v) is 5.70. The Morgan fingerprint density at radius 1 is 0.826 bits per heavy atom. The summed E-state index contributed by atoms with van der Waals surface area (Å²) >= 11 is 0. The fraction of sp³-hybridized carbons (Fsp3) is 0.200. The minimum absolute atomic E-state index is 0.0990. The number of anilines is 1. The SMILES string of the molecule is CN(C)c1ccc(-c2ccc3cc(OCCF)ccc3c2)cc1. The third-order valence-corrected chi connectivity index (χ3v) is 3.87. The van der Waals surface area contributed by atoms with Gasteiger partial charge in [-0.1, -0.05) is 30.3 Å². The summed E-state index contributed by atoms with van der Waals surface area (Å²) in [7, 11) is 4.07. The molecule has 0 fully saturated rings. The van der Waals surface area contributed by atoms with Crippen molar-refractivity contribution in [1.29, 1.82) is 0 Å². The number of hydrogen-bond donors (Lipinski definition) is 0. The Balaban J connectivity index is 1.90. The zero-order valence-corrected chi connectivity index (χ0v) is 13.4. The summed E-state index contributed by atoms with van der Waals surface area (Å²) in [6.07, 6.45) is 0. The lowest BCUT2D eigenvalue weighted by Gasteiger charge is -2.13. The van der Waals surface area contributed by atoms with Crippen molar-refractivity contribution < 1.29 is 9.13 Å². The number of ether oxygens (including phenoxy) is 1. The summed E-state index contributed by atoms with van der Waals surface area (Å²) in [6.45, 7) is -0.373. The summed E-state index contributed by atoms with van der Waals surface area (Å²) in [5.74, 6) is 0.707. The van der Waals surface area contributed by atoms with Crippen molar-refractivity contribution in [2.24, 2.45) is 0 Å². The van der Waals surface area contributed by atoms with Gasteiger partial charge in [-0.3, -0.25) is 0 Å². The predicted molar refractivity (Wildman–Crippen MR) is 95.2 cm³/mol. The number of fused-ring (bicyclic) bond motifs is 1. The zero-order valence-electron chi connectivity index (χ0n) is 13.4. The molecular formula is C20H20FNO. The van der Waals surface area contributed by atoms with Crippen molar-refractivity contribution >= 4 is 16.5 Å². The average Bonchev–Trinajstić information content (AvgIpc) is 2.59. The molecule has 3 heteroatoms. The van der Waals surface area contributed by atoms with Crippen molar-refractivity contribution in [3.63, 3.8) is 0 Å². The first-order valence-electron chi connectivity index (χ1n) is 7.68. The van der Waals surface area contributed by atoms with Gasteiger partial charge in [0.25, 0.3) is 0 Å². The first-order chi connectivity index (χ1) is 11.2. The van der Waals surface area contributed by atoms with Crippen LogP contribution in [0.15, 0.2) is 60.7 Å². The number of alkyl halides is 1. The van der Waals surface area contributed by atoms with E-state index < -0.39 is 6.67 Å². The highest BCUT2D eigenvalue weighted by molar-refractivity contribution is 5.88. The minimum Gasteiger partial charge on any atom is -0.491 e. The largest absolute Gasteiger partial charge is 0.491 e. The van der Waals surface area contributed by atoms with Crippen molar-refractivity contribution in [1.82, 2.24) is 0 Å². The lowest BCUT2D eigenvalue weighted by Crippen LogP contribution is -2.07. The maximum atomic E-state index is 12.2. The molecule has 3 aromatic rings.